The zero-order valence-electron chi connectivity index (χ0n) is 22.5. The molecule has 0 aromatic heterocycles. The zero-order valence-corrected chi connectivity index (χ0v) is 23.3. The first-order valence-electron chi connectivity index (χ1n) is 13.5. The first-order valence-corrected chi connectivity index (χ1v) is 14.9. The predicted octanol–water partition coefficient (Wildman–Crippen LogP) is 4.62. The third kappa shape index (κ3) is 6.29. The van der Waals surface area contributed by atoms with Crippen LogP contribution < -0.4 is 19.7 Å². The van der Waals surface area contributed by atoms with Crippen LogP contribution in [0.5, 0.6) is 11.5 Å². The van der Waals surface area contributed by atoms with Crippen molar-refractivity contribution < 1.29 is 27.5 Å². The van der Waals surface area contributed by atoms with E-state index >= 15 is 0 Å². The van der Waals surface area contributed by atoms with Crippen LogP contribution in [0.25, 0.3) is 0 Å². The second-order valence-electron chi connectivity index (χ2n) is 9.98. The van der Waals surface area contributed by atoms with Crippen molar-refractivity contribution in [3.8, 4) is 11.5 Å². The normalized spacial score (nSPS) is 15.4. The maximum Gasteiger partial charge on any atom is 0.265 e. The van der Waals surface area contributed by atoms with Gasteiger partial charge in [-0.25, -0.2) is 8.42 Å². The molecule has 2 aliphatic rings. The van der Waals surface area contributed by atoms with Crippen LogP contribution in [-0.2, 0) is 14.8 Å². The number of fused-ring (bicyclic) bond motifs is 1. The fourth-order valence-corrected chi connectivity index (χ4v) is 6.37. The van der Waals surface area contributed by atoms with Crippen LogP contribution in [0, 0.1) is 6.92 Å². The lowest BCUT2D eigenvalue weighted by molar-refractivity contribution is -0.121. The number of unbranched alkanes of at least 4 members (excludes halogenated alkanes) is 1. The molecule has 3 aromatic carbocycles. The highest BCUT2D eigenvalue weighted by Crippen LogP contribution is 2.35. The van der Waals surface area contributed by atoms with Gasteiger partial charge in [0.05, 0.1) is 17.2 Å². The van der Waals surface area contributed by atoms with Crippen molar-refractivity contribution in [2.24, 2.45) is 0 Å². The van der Waals surface area contributed by atoms with Gasteiger partial charge in [0.1, 0.15) is 11.5 Å². The third-order valence-electron chi connectivity index (χ3n) is 7.01. The van der Waals surface area contributed by atoms with Crippen molar-refractivity contribution in [3.05, 3.63) is 77.9 Å². The molecule has 2 heterocycles. The highest BCUT2D eigenvalue weighted by atomic mass is 32.2. The number of benzene rings is 3. The van der Waals surface area contributed by atoms with Crippen LogP contribution in [0.15, 0.2) is 71.6 Å². The molecule has 0 saturated carbocycles. The molecule has 1 saturated heterocycles. The van der Waals surface area contributed by atoms with Crippen molar-refractivity contribution in [2.45, 2.75) is 37.5 Å². The molecule has 10 heteroatoms. The summed E-state index contributed by atoms with van der Waals surface area (Å²) < 4.78 is 38.4. The monoisotopic (exact) mass is 563 g/mol. The summed E-state index contributed by atoms with van der Waals surface area (Å²) in [4.78, 5) is 27.5. The Morgan fingerprint density at radius 2 is 1.77 bits per heavy atom. The van der Waals surface area contributed by atoms with Gasteiger partial charge in [0.15, 0.2) is 6.61 Å². The topological polar surface area (TPSA) is 105 Å². The van der Waals surface area contributed by atoms with Gasteiger partial charge in [0.2, 0.25) is 10.0 Å². The standard InChI is InChI=1S/C30H33N3O6S/c1-22-7-6-8-25(19-22)38-18-5-4-17-33-27-20-24(11-14-28(27)39-21-29(33)34)31-30(35)23-9-12-26(13-10-23)40(36,37)32-15-2-3-16-32/h6-14,19-20H,2-5,15-18,21H2,1H3,(H,31,35). The SMILES string of the molecule is Cc1cccc(OCCCCN2C(=O)COc3ccc(NC(=O)c4ccc(S(=O)(=O)N5CCCC5)cc4)cc32)c1. The molecule has 2 amide bonds. The minimum absolute atomic E-state index is 0.0365. The first kappa shape index (κ1) is 27.7. The van der Waals surface area contributed by atoms with E-state index in [0.717, 1.165) is 37.0 Å². The summed E-state index contributed by atoms with van der Waals surface area (Å²) in [6.45, 7) is 4.06. The number of nitrogens with zero attached hydrogens (tertiary/aromatic N) is 2. The second kappa shape index (κ2) is 12.1. The Balaban J connectivity index is 1.20. The summed E-state index contributed by atoms with van der Waals surface area (Å²) in [7, 11) is -3.55. The van der Waals surface area contributed by atoms with Crippen LogP contribution in [0.4, 0.5) is 11.4 Å². The van der Waals surface area contributed by atoms with Crippen LogP contribution in [-0.4, -0.2) is 57.4 Å². The largest absolute Gasteiger partial charge is 0.494 e. The van der Waals surface area contributed by atoms with Crippen LogP contribution in [0.3, 0.4) is 0 Å². The fraction of sp³-hybridized carbons (Fsp3) is 0.333. The Kier molecular flexibility index (Phi) is 8.37. The molecule has 9 nitrogen and oxygen atoms in total. The highest BCUT2D eigenvalue weighted by molar-refractivity contribution is 7.89. The number of rotatable bonds is 10. The smallest absolute Gasteiger partial charge is 0.265 e. The van der Waals surface area contributed by atoms with E-state index in [1.807, 2.05) is 31.2 Å². The molecular weight excluding hydrogens is 530 g/mol. The number of sulfonamides is 1. The summed E-state index contributed by atoms with van der Waals surface area (Å²) in [6, 6.07) is 19.0. The molecule has 2 aliphatic heterocycles. The summed E-state index contributed by atoms with van der Waals surface area (Å²) in [5.74, 6) is 0.875. The average molecular weight is 564 g/mol. The number of aryl methyl sites for hydroxylation is 1. The number of hydrogen-bond donors (Lipinski definition) is 1. The Morgan fingerprint density at radius 3 is 2.52 bits per heavy atom. The first-order chi connectivity index (χ1) is 19.3. The van der Waals surface area contributed by atoms with E-state index in [-0.39, 0.29) is 23.3 Å². The van der Waals surface area contributed by atoms with Crippen molar-refractivity contribution in [2.75, 3.05) is 43.1 Å². The average Bonchev–Trinajstić information content (AvgIpc) is 3.50. The molecular formula is C30H33N3O6S. The number of anilines is 2. The zero-order chi connectivity index (χ0) is 28.1. The van der Waals surface area contributed by atoms with E-state index in [1.165, 1.54) is 28.6 Å². The molecule has 0 spiro atoms. The maximum atomic E-state index is 12.9. The van der Waals surface area contributed by atoms with E-state index in [9.17, 15) is 18.0 Å². The molecule has 1 fully saturated rings. The minimum atomic E-state index is -3.55. The van der Waals surface area contributed by atoms with Crippen molar-refractivity contribution >= 4 is 33.2 Å². The number of carbonyl (C=O) groups excluding carboxylic acids is 2. The Labute approximate surface area is 234 Å². The summed E-state index contributed by atoms with van der Waals surface area (Å²) >= 11 is 0. The van der Waals surface area contributed by atoms with Gasteiger partial charge in [-0.05, 0) is 92.8 Å². The maximum absolute atomic E-state index is 12.9. The van der Waals surface area contributed by atoms with E-state index in [1.54, 1.807) is 23.1 Å². The number of ether oxygens (including phenoxy) is 2. The Morgan fingerprint density at radius 1 is 1.00 bits per heavy atom. The molecule has 0 bridgehead atoms. The van der Waals surface area contributed by atoms with Gasteiger partial charge in [-0.1, -0.05) is 12.1 Å². The third-order valence-corrected chi connectivity index (χ3v) is 8.93. The van der Waals surface area contributed by atoms with Gasteiger partial charge in [0.25, 0.3) is 11.8 Å². The number of carbonyl (C=O) groups is 2. The molecule has 5 rings (SSSR count). The molecule has 210 valence electrons. The Bertz CT molecular complexity index is 1480. The van der Waals surface area contributed by atoms with Crippen LogP contribution >= 0.6 is 0 Å². The lowest BCUT2D eigenvalue weighted by atomic mass is 10.1. The molecule has 3 aromatic rings. The van der Waals surface area contributed by atoms with Crippen LogP contribution in [0.2, 0.25) is 0 Å². The molecule has 40 heavy (non-hydrogen) atoms. The summed E-state index contributed by atoms with van der Waals surface area (Å²) in [6.07, 6.45) is 3.22. The van der Waals surface area contributed by atoms with Crippen molar-refractivity contribution in [1.82, 2.24) is 4.31 Å². The predicted molar refractivity (Wildman–Crippen MR) is 153 cm³/mol. The van der Waals surface area contributed by atoms with E-state index in [4.69, 9.17) is 9.47 Å². The van der Waals surface area contributed by atoms with E-state index < -0.39 is 10.0 Å². The van der Waals surface area contributed by atoms with Crippen molar-refractivity contribution in [1.29, 1.82) is 0 Å². The van der Waals surface area contributed by atoms with Gasteiger partial charge in [-0.3, -0.25) is 9.59 Å². The van der Waals surface area contributed by atoms with Gasteiger partial charge in [0, 0.05) is 30.9 Å². The van der Waals surface area contributed by atoms with Gasteiger partial charge < -0.3 is 19.7 Å². The fourth-order valence-electron chi connectivity index (χ4n) is 4.85. The number of hydrogen-bond acceptors (Lipinski definition) is 6. The van der Waals surface area contributed by atoms with E-state index in [0.29, 0.717) is 48.9 Å². The molecule has 1 N–H and O–H groups in total. The quantitative estimate of drug-likeness (QED) is 0.361. The van der Waals surface area contributed by atoms with Gasteiger partial charge in [-0.2, -0.15) is 4.31 Å². The van der Waals surface area contributed by atoms with Gasteiger partial charge >= 0.3 is 0 Å². The summed E-state index contributed by atoms with van der Waals surface area (Å²) in [5.41, 5.74) is 2.57. The van der Waals surface area contributed by atoms with Crippen LogP contribution in [0.1, 0.15) is 41.6 Å². The number of nitrogens with one attached hydrogen (secondary N) is 1. The lowest BCUT2D eigenvalue weighted by Gasteiger charge is -2.30. The Hall–Kier alpha value is -3.89. The van der Waals surface area contributed by atoms with Gasteiger partial charge in [-0.15, -0.1) is 0 Å². The lowest BCUT2D eigenvalue weighted by Crippen LogP contribution is -2.39. The second-order valence-corrected chi connectivity index (χ2v) is 11.9. The highest BCUT2D eigenvalue weighted by Gasteiger charge is 2.28. The van der Waals surface area contributed by atoms with E-state index in [2.05, 4.69) is 5.32 Å². The number of amides is 2. The summed E-state index contributed by atoms with van der Waals surface area (Å²) in [5, 5.41) is 2.84. The minimum Gasteiger partial charge on any atom is -0.494 e. The molecule has 0 radical (unpaired) electrons. The molecule has 0 atom stereocenters. The van der Waals surface area contributed by atoms with Crippen molar-refractivity contribution in [3.63, 3.8) is 0 Å². The molecule has 0 aliphatic carbocycles. The molecule has 0 unspecified atom stereocenters.